The third-order valence-electron chi connectivity index (χ3n) is 5.48. The fraction of sp³-hybridized carbons (Fsp3) is 0.269. The number of pyridine rings is 1. The highest BCUT2D eigenvalue weighted by molar-refractivity contribution is 6.01. The molecule has 0 aliphatic carbocycles. The molecule has 1 N–H and O–H groups in total. The zero-order valence-electron chi connectivity index (χ0n) is 19.2. The molecule has 4 rings (SSSR count). The summed E-state index contributed by atoms with van der Waals surface area (Å²) in [6.07, 6.45) is 1.82. The Morgan fingerprint density at radius 3 is 2.71 bits per heavy atom. The summed E-state index contributed by atoms with van der Waals surface area (Å²) in [5.74, 6) is 1.71. The van der Waals surface area contributed by atoms with Crippen molar-refractivity contribution in [3.63, 3.8) is 0 Å². The molecule has 34 heavy (non-hydrogen) atoms. The van der Waals surface area contributed by atoms with Crippen LogP contribution in [0.2, 0.25) is 0 Å². The van der Waals surface area contributed by atoms with E-state index in [9.17, 15) is 9.59 Å². The van der Waals surface area contributed by atoms with Gasteiger partial charge in [0.2, 0.25) is 17.7 Å². The molecule has 1 aliphatic heterocycles. The Labute approximate surface area is 198 Å². The van der Waals surface area contributed by atoms with Gasteiger partial charge in [0.25, 0.3) is 0 Å². The molecule has 0 radical (unpaired) electrons. The van der Waals surface area contributed by atoms with Gasteiger partial charge in [-0.2, -0.15) is 0 Å². The summed E-state index contributed by atoms with van der Waals surface area (Å²) in [6.45, 7) is 3.03. The van der Waals surface area contributed by atoms with E-state index in [4.69, 9.17) is 14.2 Å². The smallest absolute Gasteiger partial charge is 0.227 e. The predicted molar refractivity (Wildman–Crippen MR) is 127 cm³/mol. The van der Waals surface area contributed by atoms with Gasteiger partial charge in [-0.25, -0.2) is 4.98 Å². The Morgan fingerprint density at radius 2 is 1.94 bits per heavy atom. The van der Waals surface area contributed by atoms with Crippen LogP contribution in [0.5, 0.6) is 23.1 Å². The quantitative estimate of drug-likeness (QED) is 0.519. The molecule has 2 aromatic carbocycles. The lowest BCUT2D eigenvalue weighted by Crippen LogP contribution is -2.32. The topological polar surface area (TPSA) is 90.0 Å². The van der Waals surface area contributed by atoms with Gasteiger partial charge in [-0.05, 0) is 36.8 Å². The van der Waals surface area contributed by atoms with Crippen molar-refractivity contribution in [1.82, 2.24) is 10.3 Å². The van der Waals surface area contributed by atoms with Crippen molar-refractivity contribution in [2.45, 2.75) is 19.9 Å². The lowest BCUT2D eigenvalue weighted by atomic mass is 10.1. The highest BCUT2D eigenvalue weighted by Crippen LogP contribution is 2.33. The normalized spacial score (nSPS) is 15.2. The van der Waals surface area contributed by atoms with Crippen LogP contribution < -0.4 is 24.4 Å². The molecule has 2 amide bonds. The first kappa shape index (κ1) is 23.1. The summed E-state index contributed by atoms with van der Waals surface area (Å²) >= 11 is 0. The van der Waals surface area contributed by atoms with E-state index < -0.39 is 5.92 Å². The molecule has 1 fully saturated rings. The SMILES string of the molecule is CCOc1ccccc1N1CC(C(=O)NCc2ccc(Oc3cccc(OC)c3)nc2)CC1=O. The van der Waals surface area contributed by atoms with E-state index in [0.29, 0.717) is 48.5 Å². The van der Waals surface area contributed by atoms with Crippen molar-refractivity contribution in [2.75, 3.05) is 25.2 Å². The molecule has 8 heteroatoms. The van der Waals surface area contributed by atoms with E-state index >= 15 is 0 Å². The summed E-state index contributed by atoms with van der Waals surface area (Å²) in [5.41, 5.74) is 1.52. The van der Waals surface area contributed by atoms with Gasteiger partial charge >= 0.3 is 0 Å². The van der Waals surface area contributed by atoms with Crippen LogP contribution in [0, 0.1) is 5.92 Å². The molecule has 0 spiro atoms. The first-order valence-corrected chi connectivity index (χ1v) is 11.1. The number of rotatable bonds is 9. The van der Waals surface area contributed by atoms with E-state index in [0.717, 1.165) is 5.56 Å². The molecule has 1 unspecified atom stereocenters. The number of carbonyl (C=O) groups excluding carboxylic acids is 2. The molecular formula is C26H27N3O5. The average molecular weight is 462 g/mol. The van der Waals surface area contributed by atoms with Crippen LogP contribution in [-0.4, -0.2) is 37.1 Å². The first-order chi connectivity index (χ1) is 16.6. The highest BCUT2D eigenvalue weighted by Gasteiger charge is 2.36. The molecule has 3 aromatic rings. The summed E-state index contributed by atoms with van der Waals surface area (Å²) in [5, 5.41) is 2.91. The fourth-order valence-electron chi connectivity index (χ4n) is 3.77. The number of carbonyl (C=O) groups is 2. The number of ether oxygens (including phenoxy) is 3. The molecular weight excluding hydrogens is 434 g/mol. The maximum atomic E-state index is 12.7. The van der Waals surface area contributed by atoms with Crippen molar-refractivity contribution in [3.8, 4) is 23.1 Å². The van der Waals surface area contributed by atoms with Gasteiger partial charge in [-0.1, -0.05) is 24.3 Å². The third-order valence-corrected chi connectivity index (χ3v) is 5.48. The largest absolute Gasteiger partial charge is 0.497 e. The minimum Gasteiger partial charge on any atom is -0.497 e. The van der Waals surface area contributed by atoms with Crippen molar-refractivity contribution >= 4 is 17.5 Å². The van der Waals surface area contributed by atoms with Gasteiger partial charge in [0.15, 0.2) is 0 Å². The number of nitrogens with one attached hydrogen (secondary N) is 1. The second-order valence-electron chi connectivity index (χ2n) is 7.81. The van der Waals surface area contributed by atoms with Gasteiger partial charge in [0.1, 0.15) is 17.2 Å². The summed E-state index contributed by atoms with van der Waals surface area (Å²) in [7, 11) is 1.60. The number of hydrogen-bond acceptors (Lipinski definition) is 6. The van der Waals surface area contributed by atoms with Crippen molar-refractivity contribution < 1.29 is 23.8 Å². The van der Waals surface area contributed by atoms with Crippen LogP contribution in [0.4, 0.5) is 5.69 Å². The van der Waals surface area contributed by atoms with E-state index in [2.05, 4.69) is 10.3 Å². The molecule has 1 atom stereocenters. The van der Waals surface area contributed by atoms with Crippen LogP contribution in [-0.2, 0) is 16.1 Å². The Kier molecular flexibility index (Phi) is 7.27. The lowest BCUT2D eigenvalue weighted by molar-refractivity contribution is -0.126. The zero-order valence-corrected chi connectivity index (χ0v) is 19.2. The number of para-hydroxylation sites is 2. The average Bonchev–Trinajstić information content (AvgIpc) is 3.25. The molecule has 0 bridgehead atoms. The number of nitrogens with zero attached hydrogens (tertiary/aromatic N) is 2. The number of hydrogen-bond donors (Lipinski definition) is 1. The number of methoxy groups -OCH3 is 1. The van der Waals surface area contributed by atoms with Crippen LogP contribution in [0.25, 0.3) is 0 Å². The minimum absolute atomic E-state index is 0.0898. The Morgan fingerprint density at radius 1 is 1.12 bits per heavy atom. The predicted octanol–water partition coefficient (Wildman–Crippen LogP) is 3.95. The second kappa shape index (κ2) is 10.7. The minimum atomic E-state index is -0.425. The number of anilines is 1. The van der Waals surface area contributed by atoms with Crippen LogP contribution in [0.1, 0.15) is 18.9 Å². The van der Waals surface area contributed by atoms with E-state index in [1.165, 1.54) is 0 Å². The van der Waals surface area contributed by atoms with Crippen molar-refractivity contribution in [3.05, 3.63) is 72.4 Å². The maximum Gasteiger partial charge on any atom is 0.227 e. The van der Waals surface area contributed by atoms with Crippen LogP contribution in [0.15, 0.2) is 66.9 Å². The molecule has 1 saturated heterocycles. The second-order valence-corrected chi connectivity index (χ2v) is 7.81. The van der Waals surface area contributed by atoms with Gasteiger partial charge in [-0.3, -0.25) is 9.59 Å². The van der Waals surface area contributed by atoms with Crippen LogP contribution >= 0.6 is 0 Å². The van der Waals surface area contributed by atoms with E-state index in [-0.39, 0.29) is 18.2 Å². The Bertz CT molecular complexity index is 1150. The van der Waals surface area contributed by atoms with Gasteiger partial charge in [0.05, 0.1) is 25.3 Å². The van der Waals surface area contributed by atoms with Crippen LogP contribution in [0.3, 0.4) is 0 Å². The van der Waals surface area contributed by atoms with E-state index in [1.807, 2.05) is 55.5 Å². The molecule has 8 nitrogen and oxygen atoms in total. The highest BCUT2D eigenvalue weighted by atomic mass is 16.5. The third kappa shape index (κ3) is 5.46. The van der Waals surface area contributed by atoms with E-state index in [1.54, 1.807) is 30.3 Å². The zero-order chi connectivity index (χ0) is 23.9. The Hall–Kier alpha value is -4.07. The van der Waals surface area contributed by atoms with Gasteiger partial charge in [0, 0.05) is 37.8 Å². The van der Waals surface area contributed by atoms with Crippen molar-refractivity contribution in [2.24, 2.45) is 5.92 Å². The fourth-order valence-corrected chi connectivity index (χ4v) is 3.77. The number of aromatic nitrogens is 1. The molecule has 1 aromatic heterocycles. The Balaban J connectivity index is 1.32. The number of benzene rings is 2. The van der Waals surface area contributed by atoms with Crippen molar-refractivity contribution in [1.29, 1.82) is 0 Å². The number of amides is 2. The van der Waals surface area contributed by atoms with Gasteiger partial charge in [-0.15, -0.1) is 0 Å². The summed E-state index contributed by atoms with van der Waals surface area (Å²) < 4.78 is 16.6. The standard InChI is InChI=1S/C26H27N3O5/c1-3-33-23-10-5-4-9-22(23)29-17-19(13-25(29)30)26(31)28-16-18-11-12-24(27-15-18)34-21-8-6-7-20(14-21)32-2/h4-12,14-15,19H,3,13,16-17H2,1-2H3,(H,28,31). The maximum absolute atomic E-state index is 12.7. The lowest BCUT2D eigenvalue weighted by Gasteiger charge is -2.20. The molecule has 176 valence electrons. The monoisotopic (exact) mass is 461 g/mol. The summed E-state index contributed by atoms with van der Waals surface area (Å²) in [6, 6.07) is 18.2. The molecule has 0 saturated carbocycles. The molecule has 1 aliphatic rings. The molecule has 2 heterocycles. The summed E-state index contributed by atoms with van der Waals surface area (Å²) in [4.78, 5) is 31.3. The first-order valence-electron chi connectivity index (χ1n) is 11.1. The van der Waals surface area contributed by atoms with Gasteiger partial charge < -0.3 is 24.4 Å².